The standard InChI is InChI=1S/C13H9ClN4OS/c14-11-9(5-19)13(18-7-16-11)20-12-8-3-1-2-4-10(8)15-6-17-12/h1-4,6-7,19H,5H2. The summed E-state index contributed by atoms with van der Waals surface area (Å²) in [5.41, 5.74) is 1.36. The highest BCUT2D eigenvalue weighted by Crippen LogP contribution is 2.33. The van der Waals surface area contributed by atoms with Gasteiger partial charge in [0.25, 0.3) is 0 Å². The van der Waals surface area contributed by atoms with Crippen molar-refractivity contribution in [2.45, 2.75) is 16.7 Å². The lowest BCUT2D eigenvalue weighted by atomic mass is 10.2. The summed E-state index contributed by atoms with van der Waals surface area (Å²) in [6, 6.07) is 7.71. The molecule has 100 valence electrons. The van der Waals surface area contributed by atoms with E-state index in [1.807, 2.05) is 24.3 Å². The first-order valence-corrected chi connectivity index (χ1v) is 6.97. The van der Waals surface area contributed by atoms with Gasteiger partial charge in [-0.1, -0.05) is 29.8 Å². The van der Waals surface area contributed by atoms with Crippen molar-refractivity contribution in [1.29, 1.82) is 0 Å². The Morgan fingerprint density at radius 1 is 1.00 bits per heavy atom. The van der Waals surface area contributed by atoms with Crippen LogP contribution in [0.3, 0.4) is 0 Å². The zero-order valence-corrected chi connectivity index (χ0v) is 11.8. The average Bonchev–Trinajstić information content (AvgIpc) is 2.48. The molecule has 0 saturated heterocycles. The molecule has 0 spiro atoms. The van der Waals surface area contributed by atoms with E-state index in [1.54, 1.807) is 0 Å². The molecule has 0 atom stereocenters. The predicted molar refractivity (Wildman–Crippen MR) is 76.6 cm³/mol. The van der Waals surface area contributed by atoms with Crippen molar-refractivity contribution < 1.29 is 5.11 Å². The summed E-state index contributed by atoms with van der Waals surface area (Å²) in [4.78, 5) is 16.5. The largest absolute Gasteiger partial charge is 0.391 e. The van der Waals surface area contributed by atoms with Crippen LogP contribution in [0.2, 0.25) is 5.15 Å². The van der Waals surface area contributed by atoms with E-state index in [4.69, 9.17) is 11.6 Å². The summed E-state index contributed by atoms with van der Waals surface area (Å²) >= 11 is 7.29. The normalized spacial score (nSPS) is 10.9. The number of aliphatic hydroxyl groups is 1. The summed E-state index contributed by atoms with van der Waals surface area (Å²) in [7, 11) is 0. The van der Waals surface area contributed by atoms with Gasteiger partial charge in [-0.2, -0.15) is 0 Å². The number of hydrogen-bond donors (Lipinski definition) is 1. The quantitative estimate of drug-likeness (QED) is 0.750. The van der Waals surface area contributed by atoms with Crippen LogP contribution in [-0.4, -0.2) is 25.0 Å². The van der Waals surface area contributed by atoms with Crippen LogP contribution in [0.15, 0.2) is 47.0 Å². The van der Waals surface area contributed by atoms with Crippen LogP contribution < -0.4 is 0 Å². The van der Waals surface area contributed by atoms with Gasteiger partial charge < -0.3 is 5.11 Å². The molecule has 0 aliphatic carbocycles. The van der Waals surface area contributed by atoms with Crippen LogP contribution in [0.4, 0.5) is 0 Å². The molecule has 5 nitrogen and oxygen atoms in total. The molecule has 3 aromatic rings. The van der Waals surface area contributed by atoms with Crippen molar-refractivity contribution in [3.05, 3.63) is 47.6 Å². The number of hydrogen-bond acceptors (Lipinski definition) is 6. The molecule has 3 rings (SSSR count). The molecule has 0 amide bonds. The molecule has 2 aromatic heterocycles. The highest BCUT2D eigenvalue weighted by atomic mass is 35.5. The Bertz CT molecular complexity index is 763. The van der Waals surface area contributed by atoms with E-state index in [0.717, 1.165) is 15.9 Å². The van der Waals surface area contributed by atoms with E-state index in [0.29, 0.717) is 10.6 Å². The first-order chi connectivity index (χ1) is 9.79. The molecule has 0 aliphatic heterocycles. The maximum atomic E-state index is 9.38. The summed E-state index contributed by atoms with van der Waals surface area (Å²) in [6.45, 7) is -0.217. The van der Waals surface area contributed by atoms with E-state index in [-0.39, 0.29) is 11.8 Å². The zero-order chi connectivity index (χ0) is 13.9. The number of aromatic nitrogens is 4. The summed E-state index contributed by atoms with van der Waals surface area (Å²) < 4.78 is 0. The third-order valence-corrected chi connectivity index (χ3v) is 4.10. The summed E-state index contributed by atoms with van der Waals surface area (Å²) in [5.74, 6) is 0. The van der Waals surface area contributed by atoms with Crippen molar-refractivity contribution in [1.82, 2.24) is 19.9 Å². The smallest absolute Gasteiger partial charge is 0.139 e. The molecule has 20 heavy (non-hydrogen) atoms. The van der Waals surface area contributed by atoms with Crippen molar-refractivity contribution in [2.75, 3.05) is 0 Å². The number of halogens is 1. The van der Waals surface area contributed by atoms with Crippen LogP contribution in [0.25, 0.3) is 10.9 Å². The molecule has 1 N–H and O–H groups in total. The Morgan fingerprint density at radius 2 is 1.75 bits per heavy atom. The van der Waals surface area contributed by atoms with Gasteiger partial charge in [0.1, 0.15) is 27.9 Å². The monoisotopic (exact) mass is 304 g/mol. The average molecular weight is 305 g/mol. The molecule has 0 fully saturated rings. The van der Waals surface area contributed by atoms with Crippen LogP contribution in [0.5, 0.6) is 0 Å². The summed E-state index contributed by atoms with van der Waals surface area (Å²) in [5, 5.41) is 11.9. The minimum Gasteiger partial charge on any atom is -0.391 e. The molecular weight excluding hydrogens is 296 g/mol. The summed E-state index contributed by atoms with van der Waals surface area (Å²) in [6.07, 6.45) is 2.87. The van der Waals surface area contributed by atoms with Crippen LogP contribution in [0.1, 0.15) is 5.56 Å². The minimum atomic E-state index is -0.217. The van der Waals surface area contributed by atoms with Gasteiger partial charge in [0.2, 0.25) is 0 Å². The molecule has 0 aliphatic rings. The molecule has 0 unspecified atom stereocenters. The second kappa shape index (κ2) is 5.70. The van der Waals surface area contributed by atoms with Crippen molar-refractivity contribution in [3.63, 3.8) is 0 Å². The Hall–Kier alpha value is -1.76. The number of fused-ring (bicyclic) bond motifs is 1. The second-order valence-corrected chi connectivity index (χ2v) is 5.24. The van der Waals surface area contributed by atoms with Crippen molar-refractivity contribution in [3.8, 4) is 0 Å². The fourth-order valence-electron chi connectivity index (χ4n) is 1.75. The van der Waals surface area contributed by atoms with Gasteiger partial charge in [0, 0.05) is 10.9 Å². The number of nitrogens with zero attached hydrogens (tertiary/aromatic N) is 4. The van der Waals surface area contributed by atoms with Gasteiger partial charge >= 0.3 is 0 Å². The fraction of sp³-hybridized carbons (Fsp3) is 0.0769. The van der Waals surface area contributed by atoms with E-state index in [9.17, 15) is 5.11 Å². The van der Waals surface area contributed by atoms with Crippen LogP contribution in [0, 0.1) is 0 Å². The second-order valence-electron chi connectivity index (χ2n) is 3.90. The number of rotatable bonds is 3. The van der Waals surface area contributed by atoms with Crippen molar-refractivity contribution >= 4 is 34.3 Å². The molecule has 1 aromatic carbocycles. The lowest BCUT2D eigenvalue weighted by Gasteiger charge is -2.07. The SMILES string of the molecule is OCc1c(Cl)ncnc1Sc1ncnc2ccccc12. The van der Waals surface area contributed by atoms with E-state index < -0.39 is 0 Å². The lowest BCUT2D eigenvalue weighted by molar-refractivity contribution is 0.277. The van der Waals surface area contributed by atoms with Gasteiger partial charge in [-0.3, -0.25) is 0 Å². The third kappa shape index (κ3) is 2.45. The molecule has 0 radical (unpaired) electrons. The Labute approximate surface area is 124 Å². The topological polar surface area (TPSA) is 71.8 Å². The first-order valence-electron chi connectivity index (χ1n) is 5.77. The maximum absolute atomic E-state index is 9.38. The molecule has 7 heteroatoms. The van der Waals surface area contributed by atoms with Gasteiger partial charge in [-0.05, 0) is 17.8 Å². The first kappa shape index (κ1) is 13.2. The molecular formula is C13H9ClN4OS. The Balaban J connectivity index is 2.08. The van der Waals surface area contributed by atoms with E-state index >= 15 is 0 Å². The van der Waals surface area contributed by atoms with Crippen molar-refractivity contribution in [2.24, 2.45) is 0 Å². The molecule has 2 heterocycles. The van der Waals surface area contributed by atoms with E-state index in [1.165, 1.54) is 24.4 Å². The van der Waals surface area contributed by atoms with Gasteiger partial charge in [-0.15, -0.1) is 0 Å². The fourth-order valence-corrected chi connectivity index (χ4v) is 2.95. The van der Waals surface area contributed by atoms with Gasteiger partial charge in [0.15, 0.2) is 0 Å². The predicted octanol–water partition coefficient (Wildman–Crippen LogP) is 2.72. The zero-order valence-electron chi connectivity index (χ0n) is 10.2. The van der Waals surface area contributed by atoms with Gasteiger partial charge in [-0.25, -0.2) is 19.9 Å². The Morgan fingerprint density at radius 3 is 2.60 bits per heavy atom. The Kier molecular flexibility index (Phi) is 3.77. The molecule has 0 saturated carbocycles. The van der Waals surface area contributed by atoms with E-state index in [2.05, 4.69) is 19.9 Å². The minimum absolute atomic E-state index is 0.217. The van der Waals surface area contributed by atoms with Gasteiger partial charge in [0.05, 0.1) is 12.1 Å². The van der Waals surface area contributed by atoms with Crippen LogP contribution in [-0.2, 0) is 6.61 Å². The van der Waals surface area contributed by atoms with Crippen LogP contribution >= 0.6 is 23.4 Å². The maximum Gasteiger partial charge on any atom is 0.139 e. The number of para-hydroxylation sites is 1. The highest BCUT2D eigenvalue weighted by molar-refractivity contribution is 7.99. The number of benzene rings is 1. The molecule has 0 bridgehead atoms. The number of aliphatic hydroxyl groups excluding tert-OH is 1. The highest BCUT2D eigenvalue weighted by Gasteiger charge is 2.13. The lowest BCUT2D eigenvalue weighted by Crippen LogP contribution is -1.96. The third-order valence-electron chi connectivity index (χ3n) is 2.71.